The summed E-state index contributed by atoms with van der Waals surface area (Å²) in [6.45, 7) is 3.62. The van der Waals surface area contributed by atoms with Crippen molar-refractivity contribution in [3.8, 4) is 17.4 Å². The van der Waals surface area contributed by atoms with Crippen LogP contribution >= 0.6 is 0 Å². The van der Waals surface area contributed by atoms with Crippen LogP contribution in [0.5, 0.6) is 17.4 Å². The molecule has 4 nitrogen and oxygen atoms in total. The Hall–Kier alpha value is -2.07. The Balaban J connectivity index is 1.95. The molecule has 0 bridgehead atoms. The molecule has 0 aliphatic carbocycles. The zero-order valence-corrected chi connectivity index (χ0v) is 11.9. The third-order valence-corrected chi connectivity index (χ3v) is 2.70. The summed E-state index contributed by atoms with van der Waals surface area (Å²) < 4.78 is 11.2. The van der Waals surface area contributed by atoms with E-state index in [2.05, 4.69) is 17.2 Å². The average molecular weight is 272 g/mol. The van der Waals surface area contributed by atoms with Gasteiger partial charge in [-0.1, -0.05) is 13.0 Å². The number of pyridine rings is 1. The van der Waals surface area contributed by atoms with Gasteiger partial charge < -0.3 is 14.8 Å². The predicted octanol–water partition coefficient (Wildman–Crippen LogP) is 3.38. The predicted molar refractivity (Wildman–Crippen MR) is 79.3 cm³/mol. The number of nitrogens with one attached hydrogen (secondary N) is 1. The van der Waals surface area contributed by atoms with Crippen LogP contribution in [0.2, 0.25) is 0 Å². The van der Waals surface area contributed by atoms with E-state index < -0.39 is 0 Å². The summed E-state index contributed by atoms with van der Waals surface area (Å²) in [5.41, 5.74) is 1.13. The molecular formula is C16H20N2O2. The maximum absolute atomic E-state index is 5.68. The molecule has 0 amide bonds. The van der Waals surface area contributed by atoms with Crippen molar-refractivity contribution in [2.24, 2.45) is 0 Å². The first-order valence-corrected chi connectivity index (χ1v) is 6.82. The molecule has 2 rings (SSSR count). The Morgan fingerprint density at radius 3 is 2.40 bits per heavy atom. The van der Waals surface area contributed by atoms with Crippen LogP contribution in [-0.2, 0) is 6.54 Å². The number of aromatic nitrogens is 1. The van der Waals surface area contributed by atoms with Gasteiger partial charge in [0.05, 0.1) is 6.61 Å². The van der Waals surface area contributed by atoms with Crippen molar-refractivity contribution in [1.82, 2.24) is 10.3 Å². The molecule has 4 heteroatoms. The molecule has 2 aromatic rings. The smallest absolute Gasteiger partial charge is 0.219 e. The summed E-state index contributed by atoms with van der Waals surface area (Å²) in [6.07, 6.45) is 2.81. The molecule has 1 aromatic heterocycles. The van der Waals surface area contributed by atoms with Crippen molar-refractivity contribution in [1.29, 1.82) is 0 Å². The molecule has 0 aliphatic heterocycles. The number of hydrogen-bond donors (Lipinski definition) is 1. The molecule has 0 fully saturated rings. The summed E-state index contributed by atoms with van der Waals surface area (Å²) in [5, 5.41) is 3.08. The van der Waals surface area contributed by atoms with E-state index in [1.807, 2.05) is 49.6 Å². The first-order chi connectivity index (χ1) is 9.81. The van der Waals surface area contributed by atoms with Crippen LogP contribution in [0.25, 0.3) is 0 Å². The fraction of sp³-hybridized carbons (Fsp3) is 0.312. The van der Waals surface area contributed by atoms with Crippen LogP contribution in [0.4, 0.5) is 0 Å². The molecule has 1 aromatic carbocycles. The van der Waals surface area contributed by atoms with E-state index in [1.165, 1.54) is 0 Å². The molecule has 1 heterocycles. The summed E-state index contributed by atoms with van der Waals surface area (Å²) >= 11 is 0. The zero-order chi connectivity index (χ0) is 14.2. The highest BCUT2D eigenvalue weighted by Crippen LogP contribution is 2.22. The van der Waals surface area contributed by atoms with Crippen LogP contribution in [0, 0.1) is 0 Å². The van der Waals surface area contributed by atoms with E-state index in [1.54, 1.807) is 0 Å². The maximum atomic E-state index is 5.68. The van der Waals surface area contributed by atoms with Crippen molar-refractivity contribution >= 4 is 0 Å². The quantitative estimate of drug-likeness (QED) is 0.839. The van der Waals surface area contributed by atoms with Crippen molar-refractivity contribution < 1.29 is 9.47 Å². The van der Waals surface area contributed by atoms with Gasteiger partial charge in [-0.2, -0.15) is 0 Å². The molecule has 0 radical (unpaired) electrons. The highest BCUT2D eigenvalue weighted by molar-refractivity contribution is 5.33. The van der Waals surface area contributed by atoms with Crippen molar-refractivity contribution in [2.45, 2.75) is 19.9 Å². The van der Waals surface area contributed by atoms with Gasteiger partial charge in [0.2, 0.25) is 5.88 Å². The van der Waals surface area contributed by atoms with Crippen molar-refractivity contribution in [3.63, 3.8) is 0 Å². The Morgan fingerprint density at radius 2 is 1.80 bits per heavy atom. The van der Waals surface area contributed by atoms with E-state index in [0.29, 0.717) is 5.88 Å². The molecule has 20 heavy (non-hydrogen) atoms. The first kappa shape index (κ1) is 14.3. The number of nitrogens with zero attached hydrogens (tertiary/aromatic N) is 1. The molecule has 0 atom stereocenters. The number of hydrogen-bond acceptors (Lipinski definition) is 4. The van der Waals surface area contributed by atoms with E-state index in [4.69, 9.17) is 9.47 Å². The van der Waals surface area contributed by atoms with Gasteiger partial charge in [0.15, 0.2) is 0 Å². The van der Waals surface area contributed by atoms with Crippen LogP contribution in [0.15, 0.2) is 42.6 Å². The third-order valence-electron chi connectivity index (χ3n) is 2.70. The molecular weight excluding hydrogens is 252 g/mol. The lowest BCUT2D eigenvalue weighted by atomic mass is 10.3. The third kappa shape index (κ3) is 4.24. The fourth-order valence-electron chi connectivity index (χ4n) is 1.72. The van der Waals surface area contributed by atoms with Crippen LogP contribution < -0.4 is 14.8 Å². The Labute approximate surface area is 119 Å². The lowest BCUT2D eigenvalue weighted by molar-refractivity contribution is 0.317. The van der Waals surface area contributed by atoms with Gasteiger partial charge in [-0.05, 0) is 43.3 Å². The fourth-order valence-corrected chi connectivity index (χ4v) is 1.72. The Morgan fingerprint density at radius 1 is 1.05 bits per heavy atom. The van der Waals surface area contributed by atoms with Crippen molar-refractivity contribution in [2.75, 3.05) is 13.7 Å². The summed E-state index contributed by atoms with van der Waals surface area (Å²) in [4.78, 5) is 4.27. The summed E-state index contributed by atoms with van der Waals surface area (Å²) in [7, 11) is 1.91. The Bertz CT molecular complexity index is 509. The van der Waals surface area contributed by atoms with Gasteiger partial charge in [0, 0.05) is 18.8 Å². The van der Waals surface area contributed by atoms with E-state index in [0.717, 1.165) is 36.6 Å². The monoisotopic (exact) mass is 272 g/mol. The lowest BCUT2D eigenvalue weighted by Crippen LogP contribution is -2.05. The lowest BCUT2D eigenvalue weighted by Gasteiger charge is -2.07. The summed E-state index contributed by atoms with van der Waals surface area (Å²) in [5.74, 6) is 2.20. The molecule has 0 saturated carbocycles. The molecule has 1 N–H and O–H groups in total. The second-order valence-corrected chi connectivity index (χ2v) is 4.46. The van der Waals surface area contributed by atoms with Crippen LogP contribution in [0.3, 0.4) is 0 Å². The molecule has 0 aliphatic rings. The molecule has 106 valence electrons. The second kappa shape index (κ2) is 7.50. The SMILES string of the molecule is CCCOc1ccc(Oc2ccc(CNC)cn2)cc1. The van der Waals surface area contributed by atoms with E-state index >= 15 is 0 Å². The molecule has 0 saturated heterocycles. The van der Waals surface area contributed by atoms with E-state index in [-0.39, 0.29) is 0 Å². The number of ether oxygens (including phenoxy) is 2. The number of benzene rings is 1. The average Bonchev–Trinajstić information content (AvgIpc) is 2.49. The van der Waals surface area contributed by atoms with Gasteiger partial charge in [-0.3, -0.25) is 0 Å². The highest BCUT2D eigenvalue weighted by atomic mass is 16.5. The minimum atomic E-state index is 0.590. The van der Waals surface area contributed by atoms with Crippen LogP contribution in [-0.4, -0.2) is 18.6 Å². The maximum Gasteiger partial charge on any atom is 0.219 e. The second-order valence-electron chi connectivity index (χ2n) is 4.46. The highest BCUT2D eigenvalue weighted by Gasteiger charge is 2.00. The first-order valence-electron chi connectivity index (χ1n) is 6.82. The summed E-state index contributed by atoms with van der Waals surface area (Å²) in [6, 6.07) is 11.4. The van der Waals surface area contributed by atoms with Gasteiger partial charge >= 0.3 is 0 Å². The number of rotatable bonds is 7. The standard InChI is InChI=1S/C16H20N2O2/c1-3-10-19-14-5-7-15(8-6-14)20-16-9-4-13(11-17-2)12-18-16/h4-9,12,17H,3,10-11H2,1-2H3. The van der Waals surface area contributed by atoms with Gasteiger partial charge in [0.1, 0.15) is 11.5 Å². The van der Waals surface area contributed by atoms with E-state index in [9.17, 15) is 0 Å². The topological polar surface area (TPSA) is 43.4 Å². The molecule has 0 spiro atoms. The zero-order valence-electron chi connectivity index (χ0n) is 11.9. The molecule has 0 unspecified atom stereocenters. The van der Waals surface area contributed by atoms with Crippen molar-refractivity contribution in [3.05, 3.63) is 48.2 Å². The van der Waals surface area contributed by atoms with Gasteiger partial charge in [0.25, 0.3) is 0 Å². The largest absolute Gasteiger partial charge is 0.494 e. The van der Waals surface area contributed by atoms with Gasteiger partial charge in [-0.25, -0.2) is 4.98 Å². The van der Waals surface area contributed by atoms with Crippen LogP contribution in [0.1, 0.15) is 18.9 Å². The normalized spacial score (nSPS) is 10.3. The Kier molecular flexibility index (Phi) is 5.38. The minimum Gasteiger partial charge on any atom is -0.494 e. The minimum absolute atomic E-state index is 0.590. The van der Waals surface area contributed by atoms with Gasteiger partial charge in [-0.15, -0.1) is 0 Å².